The van der Waals surface area contributed by atoms with Crippen LogP contribution in [-0.2, 0) is 0 Å². The molecule has 0 aromatic heterocycles. The average molecular weight is 468 g/mol. The molecule has 0 aromatic carbocycles. The van der Waals surface area contributed by atoms with Gasteiger partial charge in [0, 0.05) is 0 Å². The van der Waals surface area contributed by atoms with E-state index in [1.54, 1.807) is 83.1 Å². The lowest BCUT2D eigenvalue weighted by Gasteiger charge is -2.41. The van der Waals surface area contributed by atoms with Crippen LogP contribution in [0.25, 0.3) is 0 Å². The monoisotopic (exact) mass is 467 g/mol. The minimum absolute atomic E-state index is 0.899. The van der Waals surface area contributed by atoms with Gasteiger partial charge in [-0.15, -0.1) is 0 Å². The summed E-state index contributed by atoms with van der Waals surface area (Å²) in [7, 11) is 0. The van der Waals surface area contributed by atoms with E-state index in [2.05, 4.69) is 15.5 Å². The zero-order valence-corrected chi connectivity index (χ0v) is 21.0. The maximum absolute atomic E-state index is 4.59. The predicted molar refractivity (Wildman–Crippen MR) is 134 cm³/mol. The predicted octanol–water partition coefficient (Wildman–Crippen LogP) is 9.75. The van der Waals surface area contributed by atoms with Gasteiger partial charge in [-0.05, 0) is 57.8 Å². The summed E-state index contributed by atoms with van der Waals surface area (Å²) in [6, 6.07) is 0. The summed E-state index contributed by atoms with van der Waals surface area (Å²) in [6.45, 7) is 1.13. The largest absolute Gasteiger partial charge is 0.146 e. The zero-order valence-electron chi connectivity index (χ0n) is 18.6. The van der Waals surface area contributed by atoms with Gasteiger partial charge >= 0.3 is 0 Å². The van der Waals surface area contributed by atoms with Crippen molar-refractivity contribution in [1.82, 2.24) is 0 Å². The molecule has 2 saturated carbocycles. The molecule has 0 radical (unpaired) electrons. The molecule has 2 aliphatic carbocycles. The first-order chi connectivity index (χ1) is 13.8. The van der Waals surface area contributed by atoms with E-state index in [1.165, 1.54) is 51.4 Å². The number of hydrogen-bond acceptors (Lipinski definition) is 0. The summed E-state index contributed by atoms with van der Waals surface area (Å²) < 4.78 is 0. The molecule has 160 valence electrons. The lowest BCUT2D eigenvalue weighted by molar-refractivity contribution is 0.440. The van der Waals surface area contributed by atoms with Crippen LogP contribution in [0.4, 0.5) is 0 Å². The molecule has 0 spiro atoms. The van der Waals surface area contributed by atoms with Crippen LogP contribution in [0, 0.1) is 0 Å². The van der Waals surface area contributed by atoms with Crippen LogP contribution in [0.1, 0.15) is 122 Å². The van der Waals surface area contributed by atoms with Gasteiger partial charge in [-0.1, -0.05) is 82.2 Å². The molecule has 2 bridgehead atoms. The Labute approximate surface area is 185 Å². The van der Waals surface area contributed by atoms with E-state index in [0.717, 1.165) is 29.7 Å². The normalized spacial score (nSPS) is 30.5. The van der Waals surface area contributed by atoms with Crippen molar-refractivity contribution >= 4 is 28.2 Å². The van der Waals surface area contributed by atoms with Crippen molar-refractivity contribution in [1.29, 1.82) is 0 Å². The van der Waals surface area contributed by atoms with Crippen LogP contribution in [0.15, 0.2) is 0 Å². The Bertz CT molecular complexity index is 417. The minimum Gasteiger partial charge on any atom is -0.0737 e. The second-order valence-corrected chi connectivity index (χ2v) is 18.6. The van der Waals surface area contributed by atoms with Crippen LogP contribution < -0.4 is 0 Å². The number of halogens is 1. The highest BCUT2D eigenvalue weighted by molar-refractivity contribution is 9.42. The lowest BCUT2D eigenvalue weighted by Crippen LogP contribution is -2.34. The summed E-state index contributed by atoms with van der Waals surface area (Å²) in [6.07, 6.45) is 32.5. The van der Waals surface area contributed by atoms with Crippen LogP contribution in [0.3, 0.4) is 0 Å². The maximum atomic E-state index is 4.59. The maximum Gasteiger partial charge on any atom is 0.146 e. The third-order valence-corrected chi connectivity index (χ3v) is 18.4. The number of fused-ring (bicyclic) bond motifs is 2. The molecular formula is C25H46BBrP+. The first-order valence-corrected chi connectivity index (χ1v) is 17.5. The fourth-order valence-corrected chi connectivity index (χ4v) is 15.6. The Morgan fingerprint density at radius 3 is 1.57 bits per heavy atom. The molecule has 4 rings (SSSR count). The zero-order chi connectivity index (χ0) is 19.2. The average Bonchev–Trinajstić information content (AvgIpc) is 2.74. The Hall–Kier alpha value is 0.975. The Morgan fingerprint density at radius 1 is 0.571 bits per heavy atom. The van der Waals surface area contributed by atoms with Crippen LogP contribution in [0.5, 0.6) is 0 Å². The number of hydrogen-bond donors (Lipinski definition) is 0. The molecule has 0 unspecified atom stereocenters. The molecular weight excluding hydrogens is 422 g/mol. The van der Waals surface area contributed by atoms with Gasteiger partial charge in [0.2, 0.25) is 0 Å². The van der Waals surface area contributed by atoms with Crippen molar-refractivity contribution in [3.63, 3.8) is 0 Å². The molecule has 0 aromatic rings. The van der Waals surface area contributed by atoms with E-state index in [1.807, 2.05) is 0 Å². The fraction of sp³-hybridized carbons (Fsp3) is 1.00. The fourth-order valence-electron chi connectivity index (χ4n) is 7.88. The van der Waals surface area contributed by atoms with Gasteiger partial charge in [-0.3, -0.25) is 0 Å². The van der Waals surface area contributed by atoms with Crippen molar-refractivity contribution in [2.45, 2.75) is 151 Å². The quantitative estimate of drug-likeness (QED) is 0.189. The third kappa shape index (κ3) is 5.41. The Balaban J connectivity index is 1.25. The molecule has 2 aliphatic heterocycles. The van der Waals surface area contributed by atoms with Crippen LogP contribution in [-0.4, -0.2) is 24.2 Å². The smallest absolute Gasteiger partial charge is 0.0737 e. The SMILES string of the molecule is Br[P+](CCCCCB1C2CCCC1CCC2)(C1CCCCC1)C1CCCCC1. The minimum atomic E-state index is -0.899. The first kappa shape index (κ1) is 22.2. The van der Waals surface area contributed by atoms with Gasteiger partial charge in [-0.2, -0.15) is 0 Å². The highest BCUT2D eigenvalue weighted by atomic mass is 79.9. The molecule has 4 aliphatic rings. The highest BCUT2D eigenvalue weighted by Crippen LogP contribution is 2.78. The molecule has 0 N–H and O–H groups in total. The van der Waals surface area contributed by atoms with Crippen molar-refractivity contribution in [3.05, 3.63) is 0 Å². The van der Waals surface area contributed by atoms with Gasteiger partial charge in [0.1, 0.15) is 22.2 Å². The van der Waals surface area contributed by atoms with E-state index >= 15 is 0 Å². The summed E-state index contributed by atoms with van der Waals surface area (Å²) >= 11 is 4.59. The van der Waals surface area contributed by atoms with Gasteiger partial charge in [0.15, 0.2) is 0 Å². The van der Waals surface area contributed by atoms with E-state index in [0.29, 0.717) is 0 Å². The third-order valence-electron chi connectivity index (χ3n) is 9.41. The van der Waals surface area contributed by atoms with Gasteiger partial charge < -0.3 is 0 Å². The van der Waals surface area contributed by atoms with E-state index in [9.17, 15) is 0 Å². The van der Waals surface area contributed by atoms with Crippen molar-refractivity contribution < 1.29 is 0 Å². The van der Waals surface area contributed by atoms with E-state index in [-0.39, 0.29) is 0 Å². The molecule has 0 amide bonds. The van der Waals surface area contributed by atoms with Crippen LogP contribution in [0.2, 0.25) is 18.0 Å². The molecule has 28 heavy (non-hydrogen) atoms. The second kappa shape index (κ2) is 11.0. The van der Waals surface area contributed by atoms with E-state index < -0.39 is 5.96 Å². The van der Waals surface area contributed by atoms with Crippen molar-refractivity contribution in [2.75, 3.05) is 6.16 Å². The topological polar surface area (TPSA) is 0 Å². The Kier molecular flexibility index (Phi) is 8.73. The van der Waals surface area contributed by atoms with Gasteiger partial charge in [0.05, 0.1) is 23.4 Å². The van der Waals surface area contributed by atoms with E-state index in [4.69, 9.17) is 0 Å². The Morgan fingerprint density at radius 2 is 1.07 bits per heavy atom. The summed E-state index contributed by atoms with van der Waals surface area (Å²) in [4.78, 5) is 0. The number of rotatable bonds is 8. The summed E-state index contributed by atoms with van der Waals surface area (Å²) in [5, 5.41) is 0. The highest BCUT2D eigenvalue weighted by Gasteiger charge is 2.50. The van der Waals surface area contributed by atoms with Crippen LogP contribution >= 0.6 is 21.5 Å². The summed E-state index contributed by atoms with van der Waals surface area (Å²) in [5.74, 6) is 1.35. The molecule has 4 fully saturated rings. The lowest BCUT2D eigenvalue weighted by atomic mass is 9.26. The molecule has 2 saturated heterocycles. The standard InChI is InChI=1S/C25H46BBrP/c27-28(24-16-4-1-5-17-24,25-18-6-2-7-19-25)21-9-3-8-20-26-22-12-10-13-23(26)15-11-14-22/h22-25H,1-21H2/q+1. The van der Waals surface area contributed by atoms with Crippen molar-refractivity contribution in [3.8, 4) is 0 Å². The van der Waals surface area contributed by atoms with Crippen molar-refractivity contribution in [2.24, 2.45) is 0 Å². The van der Waals surface area contributed by atoms with Gasteiger partial charge in [0.25, 0.3) is 0 Å². The number of unbranched alkanes of at least 4 members (excludes halogenated alkanes) is 2. The summed E-state index contributed by atoms with van der Waals surface area (Å²) in [5.41, 5.74) is 2.17. The molecule has 3 heteroatoms. The van der Waals surface area contributed by atoms with Gasteiger partial charge in [-0.25, -0.2) is 0 Å². The second-order valence-electron chi connectivity index (χ2n) is 11.0. The first-order valence-electron chi connectivity index (χ1n) is 13.3. The molecule has 0 atom stereocenters. The molecule has 0 nitrogen and oxygen atoms in total. The molecule has 2 heterocycles.